The summed E-state index contributed by atoms with van der Waals surface area (Å²) in [5.74, 6) is 2.74. The van der Waals surface area contributed by atoms with Crippen molar-refractivity contribution in [2.45, 2.75) is 41.5 Å². The van der Waals surface area contributed by atoms with Crippen LogP contribution in [0, 0.1) is 11.8 Å². The minimum Gasteiger partial charge on any atom is -0.238 e. The summed E-state index contributed by atoms with van der Waals surface area (Å²) in [6, 6.07) is 11.4. The SMILES string of the molecule is CC1=Nc2cccc(n2)/N=C(\C)C(C)/C(C)=N/c2cccc(n2)N=C(C)C1C. The topological polar surface area (TPSA) is 75.2 Å². The highest BCUT2D eigenvalue weighted by Crippen LogP contribution is 2.21. The van der Waals surface area contributed by atoms with Crippen LogP contribution in [0.4, 0.5) is 23.3 Å². The number of hydrogen-bond donors (Lipinski definition) is 0. The highest BCUT2D eigenvalue weighted by Gasteiger charge is 2.13. The van der Waals surface area contributed by atoms with E-state index in [1.807, 2.05) is 64.1 Å². The van der Waals surface area contributed by atoms with E-state index in [0.717, 1.165) is 22.8 Å². The van der Waals surface area contributed by atoms with E-state index >= 15 is 0 Å². The fourth-order valence-corrected chi connectivity index (χ4v) is 2.79. The van der Waals surface area contributed by atoms with E-state index in [2.05, 4.69) is 23.8 Å². The Kier molecular flexibility index (Phi) is 5.87. The molecule has 0 radical (unpaired) electrons. The van der Waals surface area contributed by atoms with Crippen LogP contribution in [0.2, 0.25) is 0 Å². The molecule has 0 aliphatic carbocycles. The van der Waals surface area contributed by atoms with E-state index in [1.54, 1.807) is 0 Å². The van der Waals surface area contributed by atoms with Gasteiger partial charge >= 0.3 is 0 Å². The second kappa shape index (κ2) is 8.33. The van der Waals surface area contributed by atoms with E-state index in [4.69, 9.17) is 20.0 Å². The van der Waals surface area contributed by atoms with Crippen LogP contribution in [0.25, 0.3) is 0 Å². The summed E-state index contributed by atoms with van der Waals surface area (Å²) in [5, 5.41) is 0. The first-order chi connectivity index (χ1) is 13.3. The fraction of sp³-hybridized carbons (Fsp3) is 0.364. The molecule has 0 aromatic carbocycles. The van der Waals surface area contributed by atoms with E-state index in [1.165, 1.54) is 0 Å². The van der Waals surface area contributed by atoms with Crippen LogP contribution in [0.3, 0.4) is 0 Å². The molecule has 0 saturated carbocycles. The zero-order valence-electron chi connectivity index (χ0n) is 17.3. The van der Waals surface area contributed by atoms with Crippen LogP contribution in [-0.2, 0) is 0 Å². The molecule has 6 heteroatoms. The Morgan fingerprint density at radius 3 is 1.00 bits per heavy atom. The average molecular weight is 374 g/mol. The van der Waals surface area contributed by atoms with Gasteiger partial charge in [0.25, 0.3) is 0 Å². The first-order valence-electron chi connectivity index (χ1n) is 9.48. The molecule has 6 nitrogen and oxygen atoms in total. The maximum absolute atomic E-state index is 4.69. The molecule has 0 atom stereocenters. The largest absolute Gasteiger partial charge is 0.238 e. The summed E-state index contributed by atoms with van der Waals surface area (Å²) in [4.78, 5) is 27.9. The third kappa shape index (κ3) is 4.63. The van der Waals surface area contributed by atoms with Gasteiger partial charge in [-0.2, -0.15) is 0 Å². The molecule has 144 valence electrons. The lowest BCUT2D eigenvalue weighted by molar-refractivity contribution is 1.01. The number of pyridine rings is 2. The van der Waals surface area contributed by atoms with Gasteiger partial charge in [0.15, 0.2) is 23.3 Å². The number of aliphatic imine (C=N–C) groups is 4. The standard InChI is InChI=1S/C22H26N6/c1-13-15(3)23-19-9-7-11-21(27-19)25-17(5)14(2)18(6)26-22-12-8-10-20(28-22)24-16(13)4/h7-14H,1-6H3/b23-15+,24-16+,25-17?,26-18?. The van der Waals surface area contributed by atoms with E-state index in [-0.39, 0.29) is 11.8 Å². The third-order valence-corrected chi connectivity index (χ3v) is 5.11. The van der Waals surface area contributed by atoms with Gasteiger partial charge in [0.1, 0.15) is 0 Å². The van der Waals surface area contributed by atoms with Gasteiger partial charge in [-0.25, -0.2) is 29.9 Å². The van der Waals surface area contributed by atoms with Crippen molar-refractivity contribution in [2.75, 3.05) is 0 Å². The van der Waals surface area contributed by atoms with Gasteiger partial charge in [-0.05, 0) is 52.0 Å². The Morgan fingerprint density at radius 2 is 0.750 bits per heavy atom. The third-order valence-electron chi connectivity index (χ3n) is 5.11. The molecule has 3 heterocycles. The maximum atomic E-state index is 4.69. The normalized spacial score (nSPS) is 24.4. The molecule has 0 saturated heterocycles. The minimum absolute atomic E-state index is 0.0688. The Labute approximate surface area is 166 Å². The lowest BCUT2D eigenvalue weighted by Gasteiger charge is -2.13. The molecule has 0 unspecified atom stereocenters. The second-order valence-electron chi connectivity index (χ2n) is 7.16. The van der Waals surface area contributed by atoms with E-state index in [9.17, 15) is 0 Å². The van der Waals surface area contributed by atoms with Gasteiger partial charge in [0, 0.05) is 34.7 Å². The average Bonchev–Trinajstić information content (AvgIpc) is 2.66. The molecule has 2 aromatic rings. The van der Waals surface area contributed by atoms with Gasteiger partial charge < -0.3 is 0 Å². The van der Waals surface area contributed by atoms with Crippen molar-refractivity contribution in [3.8, 4) is 0 Å². The van der Waals surface area contributed by atoms with Gasteiger partial charge in [-0.15, -0.1) is 0 Å². The molecule has 0 spiro atoms. The fourth-order valence-electron chi connectivity index (χ4n) is 2.79. The summed E-state index contributed by atoms with van der Waals surface area (Å²) in [5.41, 5.74) is 3.77. The van der Waals surface area contributed by atoms with Crippen molar-refractivity contribution in [1.29, 1.82) is 0 Å². The molecular weight excluding hydrogens is 348 g/mol. The highest BCUT2D eigenvalue weighted by molar-refractivity contribution is 6.07. The summed E-state index contributed by atoms with van der Waals surface area (Å²) in [7, 11) is 0. The van der Waals surface area contributed by atoms with Crippen molar-refractivity contribution in [1.82, 2.24) is 9.97 Å². The van der Waals surface area contributed by atoms with Crippen LogP contribution in [-0.4, -0.2) is 32.8 Å². The van der Waals surface area contributed by atoms with Crippen molar-refractivity contribution in [2.24, 2.45) is 31.8 Å². The van der Waals surface area contributed by atoms with Crippen LogP contribution in [0.15, 0.2) is 56.4 Å². The summed E-state index contributed by atoms with van der Waals surface area (Å²) in [6.07, 6.45) is 0. The van der Waals surface area contributed by atoms with Crippen molar-refractivity contribution in [3.63, 3.8) is 0 Å². The monoisotopic (exact) mass is 374 g/mol. The second-order valence-corrected chi connectivity index (χ2v) is 7.16. The molecule has 2 aromatic heterocycles. The molecule has 0 fully saturated rings. The summed E-state index contributed by atoms with van der Waals surface area (Å²) in [6.45, 7) is 12.1. The quantitative estimate of drug-likeness (QED) is 0.581. The Hall–Kier alpha value is -3.02. The van der Waals surface area contributed by atoms with Gasteiger partial charge in [-0.1, -0.05) is 26.0 Å². The molecule has 3 rings (SSSR count). The van der Waals surface area contributed by atoms with Gasteiger partial charge in [-0.3, -0.25) is 0 Å². The van der Waals surface area contributed by atoms with Crippen LogP contribution >= 0.6 is 0 Å². The first-order valence-corrected chi connectivity index (χ1v) is 9.48. The predicted octanol–water partition coefficient (Wildman–Crippen LogP) is 5.83. The predicted molar refractivity (Wildman–Crippen MR) is 118 cm³/mol. The van der Waals surface area contributed by atoms with E-state index < -0.39 is 0 Å². The molecule has 0 N–H and O–H groups in total. The zero-order valence-corrected chi connectivity index (χ0v) is 17.3. The zero-order chi connectivity index (χ0) is 20.3. The number of fused-ring (bicyclic) bond motifs is 4. The van der Waals surface area contributed by atoms with Gasteiger partial charge in [0.2, 0.25) is 0 Å². The molecule has 1 aliphatic rings. The molecule has 4 bridgehead atoms. The molecular formula is C22H26N6. The van der Waals surface area contributed by atoms with Gasteiger partial charge in [0.05, 0.1) is 0 Å². The molecule has 0 amide bonds. The van der Waals surface area contributed by atoms with Crippen LogP contribution in [0.5, 0.6) is 0 Å². The smallest absolute Gasteiger partial charge is 0.154 e. The minimum atomic E-state index is 0.0688. The number of aromatic nitrogens is 2. The molecule has 28 heavy (non-hydrogen) atoms. The van der Waals surface area contributed by atoms with Crippen LogP contribution < -0.4 is 0 Å². The van der Waals surface area contributed by atoms with Crippen LogP contribution in [0.1, 0.15) is 41.5 Å². The van der Waals surface area contributed by atoms with Crippen molar-refractivity contribution in [3.05, 3.63) is 36.4 Å². The van der Waals surface area contributed by atoms with Crippen molar-refractivity contribution < 1.29 is 0 Å². The summed E-state index contributed by atoms with van der Waals surface area (Å²) < 4.78 is 0. The Balaban J connectivity index is 2.17. The van der Waals surface area contributed by atoms with E-state index in [0.29, 0.717) is 23.3 Å². The Morgan fingerprint density at radius 1 is 0.500 bits per heavy atom. The first kappa shape index (κ1) is 19.7. The number of hydrogen-bond acceptors (Lipinski definition) is 6. The maximum Gasteiger partial charge on any atom is 0.154 e. The summed E-state index contributed by atoms with van der Waals surface area (Å²) >= 11 is 0. The van der Waals surface area contributed by atoms with Crippen molar-refractivity contribution >= 4 is 46.1 Å². The Bertz CT molecular complexity index is 848. The number of rotatable bonds is 0. The lowest BCUT2D eigenvalue weighted by atomic mass is 10.0. The number of nitrogens with zero attached hydrogens (tertiary/aromatic N) is 6. The highest BCUT2D eigenvalue weighted by atomic mass is 15.0. The lowest BCUT2D eigenvalue weighted by Crippen LogP contribution is -2.16. The molecule has 1 aliphatic heterocycles.